The summed E-state index contributed by atoms with van der Waals surface area (Å²) < 4.78 is 0. The van der Waals surface area contributed by atoms with Crippen LogP contribution < -0.4 is 0 Å². The topological polar surface area (TPSA) is 0 Å². The van der Waals surface area contributed by atoms with E-state index >= 15 is 0 Å². The van der Waals surface area contributed by atoms with Crippen LogP contribution in [0.2, 0.25) is 0 Å². The van der Waals surface area contributed by atoms with Crippen LogP contribution in [0.15, 0.2) is 48.5 Å². The fraction of sp³-hybridized carbons (Fsp3) is 0.333. The first-order valence-electron chi connectivity index (χ1n) is 6.98. The van der Waals surface area contributed by atoms with Gasteiger partial charge in [0.05, 0.1) is 5.38 Å². The fourth-order valence-corrected chi connectivity index (χ4v) is 3.23. The van der Waals surface area contributed by atoms with Crippen molar-refractivity contribution >= 4 is 11.6 Å². The Bertz CT molecular complexity index is 568. The molecular weight excluding hydrogens is 252 g/mol. The van der Waals surface area contributed by atoms with Gasteiger partial charge < -0.3 is 0 Å². The number of hydrogen-bond acceptors (Lipinski definition) is 0. The standard InChI is InChI=1S/C18H19Cl/c1-12(2)13-7-9-14(10-8-13)18(19)17-11-15-5-3-4-6-16(15)17/h3-10,12,17-18H,11H2,1-2H3. The van der Waals surface area contributed by atoms with Gasteiger partial charge in [0, 0.05) is 5.92 Å². The van der Waals surface area contributed by atoms with Crippen LogP contribution in [0.3, 0.4) is 0 Å². The van der Waals surface area contributed by atoms with Crippen LogP contribution >= 0.6 is 11.6 Å². The van der Waals surface area contributed by atoms with Crippen molar-refractivity contribution < 1.29 is 0 Å². The van der Waals surface area contributed by atoms with Crippen LogP contribution in [0, 0.1) is 0 Å². The lowest BCUT2D eigenvalue weighted by atomic mass is 9.74. The fourth-order valence-electron chi connectivity index (χ4n) is 2.86. The maximum atomic E-state index is 6.67. The largest absolute Gasteiger partial charge is 0.117 e. The molecule has 0 saturated heterocycles. The molecule has 0 spiro atoms. The number of rotatable bonds is 3. The molecule has 0 nitrogen and oxygen atoms in total. The molecule has 3 rings (SSSR count). The number of benzene rings is 2. The van der Waals surface area contributed by atoms with E-state index in [9.17, 15) is 0 Å². The quantitative estimate of drug-likeness (QED) is 0.653. The minimum atomic E-state index is 0.0936. The smallest absolute Gasteiger partial charge is 0.0657 e. The summed E-state index contributed by atoms with van der Waals surface area (Å²) in [5.74, 6) is 1.05. The zero-order chi connectivity index (χ0) is 13.4. The van der Waals surface area contributed by atoms with E-state index < -0.39 is 0 Å². The Morgan fingerprint density at radius 3 is 2.21 bits per heavy atom. The summed E-state index contributed by atoms with van der Waals surface area (Å²) in [6, 6.07) is 17.4. The summed E-state index contributed by atoms with van der Waals surface area (Å²) in [6.07, 6.45) is 1.11. The van der Waals surface area contributed by atoms with Crippen molar-refractivity contribution in [1.82, 2.24) is 0 Å². The van der Waals surface area contributed by atoms with Gasteiger partial charge in [0.2, 0.25) is 0 Å². The Labute approximate surface area is 120 Å². The van der Waals surface area contributed by atoms with E-state index in [1.807, 2.05) is 0 Å². The molecule has 0 aromatic heterocycles. The predicted molar refractivity (Wildman–Crippen MR) is 82.0 cm³/mol. The molecule has 2 atom stereocenters. The van der Waals surface area contributed by atoms with E-state index in [-0.39, 0.29) is 5.38 Å². The van der Waals surface area contributed by atoms with Gasteiger partial charge in [0.1, 0.15) is 0 Å². The molecule has 1 aliphatic rings. The van der Waals surface area contributed by atoms with E-state index in [2.05, 4.69) is 62.4 Å². The molecule has 2 aromatic rings. The third-order valence-electron chi connectivity index (χ3n) is 4.17. The Morgan fingerprint density at radius 1 is 0.947 bits per heavy atom. The van der Waals surface area contributed by atoms with Crippen LogP contribution in [0.25, 0.3) is 0 Å². The lowest BCUT2D eigenvalue weighted by Crippen LogP contribution is -2.21. The number of fused-ring (bicyclic) bond motifs is 1. The molecule has 0 heterocycles. The predicted octanol–water partition coefficient (Wildman–Crippen LogP) is 5.43. The molecule has 0 saturated carbocycles. The zero-order valence-corrected chi connectivity index (χ0v) is 12.2. The van der Waals surface area contributed by atoms with Gasteiger partial charge in [-0.3, -0.25) is 0 Å². The molecular formula is C18H19Cl. The van der Waals surface area contributed by atoms with Crippen LogP contribution in [-0.2, 0) is 6.42 Å². The first-order valence-corrected chi connectivity index (χ1v) is 7.42. The van der Waals surface area contributed by atoms with Gasteiger partial charge in [-0.25, -0.2) is 0 Å². The van der Waals surface area contributed by atoms with Crippen molar-refractivity contribution in [2.75, 3.05) is 0 Å². The molecule has 0 aliphatic heterocycles. The number of hydrogen-bond donors (Lipinski definition) is 0. The third-order valence-corrected chi connectivity index (χ3v) is 4.73. The molecule has 0 N–H and O–H groups in total. The Morgan fingerprint density at radius 2 is 1.58 bits per heavy atom. The van der Waals surface area contributed by atoms with E-state index in [0.717, 1.165) is 6.42 Å². The molecule has 1 aliphatic carbocycles. The third kappa shape index (κ3) is 2.30. The van der Waals surface area contributed by atoms with Crippen molar-refractivity contribution in [3.63, 3.8) is 0 Å². The summed E-state index contributed by atoms with van der Waals surface area (Å²) in [5.41, 5.74) is 5.50. The lowest BCUT2D eigenvalue weighted by molar-refractivity contribution is 0.587. The average molecular weight is 271 g/mol. The summed E-state index contributed by atoms with van der Waals surface area (Å²) >= 11 is 6.67. The molecule has 1 heteroatoms. The van der Waals surface area contributed by atoms with Gasteiger partial charge in [-0.15, -0.1) is 11.6 Å². The summed E-state index contributed by atoms with van der Waals surface area (Å²) in [7, 11) is 0. The highest BCUT2D eigenvalue weighted by molar-refractivity contribution is 6.21. The van der Waals surface area contributed by atoms with Gasteiger partial charge in [0.15, 0.2) is 0 Å². The number of alkyl halides is 1. The second-order valence-electron chi connectivity index (χ2n) is 5.73. The molecule has 0 fully saturated rings. The summed E-state index contributed by atoms with van der Waals surface area (Å²) in [4.78, 5) is 0. The minimum absolute atomic E-state index is 0.0936. The minimum Gasteiger partial charge on any atom is -0.117 e. The Hall–Kier alpha value is -1.27. The van der Waals surface area contributed by atoms with Crippen molar-refractivity contribution in [3.8, 4) is 0 Å². The summed E-state index contributed by atoms with van der Waals surface area (Å²) in [5, 5.41) is 0.0936. The van der Waals surface area contributed by atoms with Crippen molar-refractivity contribution in [1.29, 1.82) is 0 Å². The monoisotopic (exact) mass is 270 g/mol. The highest BCUT2D eigenvalue weighted by Gasteiger charge is 2.32. The van der Waals surface area contributed by atoms with Gasteiger partial charge in [-0.2, -0.15) is 0 Å². The molecule has 19 heavy (non-hydrogen) atoms. The molecule has 0 amide bonds. The van der Waals surface area contributed by atoms with Crippen LogP contribution in [-0.4, -0.2) is 0 Å². The van der Waals surface area contributed by atoms with E-state index in [0.29, 0.717) is 11.8 Å². The maximum absolute atomic E-state index is 6.67. The second-order valence-corrected chi connectivity index (χ2v) is 6.20. The molecule has 2 aromatic carbocycles. The molecule has 0 bridgehead atoms. The Balaban J connectivity index is 1.80. The molecule has 98 valence electrons. The molecule has 2 unspecified atom stereocenters. The van der Waals surface area contributed by atoms with Crippen LogP contribution in [0.4, 0.5) is 0 Å². The van der Waals surface area contributed by atoms with Crippen molar-refractivity contribution in [3.05, 3.63) is 70.8 Å². The first kappa shape index (κ1) is 12.7. The normalized spacial score (nSPS) is 18.8. The van der Waals surface area contributed by atoms with Gasteiger partial charge in [-0.1, -0.05) is 62.4 Å². The van der Waals surface area contributed by atoms with Crippen molar-refractivity contribution in [2.24, 2.45) is 0 Å². The average Bonchev–Trinajstić information content (AvgIpc) is 2.40. The number of halogens is 1. The van der Waals surface area contributed by atoms with E-state index in [1.54, 1.807) is 0 Å². The lowest BCUT2D eigenvalue weighted by Gasteiger charge is -2.33. The zero-order valence-electron chi connectivity index (χ0n) is 11.4. The van der Waals surface area contributed by atoms with Crippen LogP contribution in [0.1, 0.15) is 53.3 Å². The van der Waals surface area contributed by atoms with Gasteiger partial charge >= 0.3 is 0 Å². The van der Waals surface area contributed by atoms with E-state index in [4.69, 9.17) is 11.6 Å². The Kier molecular flexibility index (Phi) is 3.36. The maximum Gasteiger partial charge on any atom is 0.0657 e. The summed E-state index contributed by atoms with van der Waals surface area (Å²) in [6.45, 7) is 4.44. The van der Waals surface area contributed by atoms with Gasteiger partial charge in [0.25, 0.3) is 0 Å². The highest BCUT2D eigenvalue weighted by Crippen LogP contribution is 2.46. The van der Waals surface area contributed by atoms with Crippen LogP contribution in [0.5, 0.6) is 0 Å². The van der Waals surface area contributed by atoms with E-state index in [1.165, 1.54) is 22.3 Å². The first-order chi connectivity index (χ1) is 9.16. The van der Waals surface area contributed by atoms with Crippen molar-refractivity contribution in [2.45, 2.75) is 37.5 Å². The molecule has 0 radical (unpaired) electrons. The second kappa shape index (κ2) is 5.02. The SMILES string of the molecule is CC(C)c1ccc(C(Cl)C2Cc3ccccc32)cc1. The highest BCUT2D eigenvalue weighted by atomic mass is 35.5. The van der Waals surface area contributed by atoms with Gasteiger partial charge in [-0.05, 0) is 34.6 Å².